The smallest absolute Gasteiger partial charge is 0.250 e. The lowest BCUT2D eigenvalue weighted by atomic mass is 9.84. The average Bonchev–Trinajstić information content (AvgIpc) is 3.10. The van der Waals surface area contributed by atoms with Crippen molar-refractivity contribution in [2.45, 2.75) is 75.9 Å². The SMILES string of the molecule is O=C1C(c2ccc(F)cc2Cl)N(C2CCCc3ccccc32)C(=O)CN1C1CCCCCC1. The van der Waals surface area contributed by atoms with Gasteiger partial charge in [-0.05, 0) is 55.4 Å². The number of rotatable bonds is 3. The Bertz CT molecular complexity index is 1050. The van der Waals surface area contributed by atoms with Gasteiger partial charge in [-0.25, -0.2) is 4.39 Å². The van der Waals surface area contributed by atoms with Crippen LogP contribution in [0.4, 0.5) is 4.39 Å². The van der Waals surface area contributed by atoms with Gasteiger partial charge in [0.05, 0.1) is 6.04 Å². The molecule has 2 aromatic rings. The highest BCUT2D eigenvalue weighted by Gasteiger charge is 2.47. The fourth-order valence-corrected chi connectivity index (χ4v) is 6.25. The molecular weight excluding hydrogens is 439 g/mol. The molecule has 4 nitrogen and oxygen atoms in total. The van der Waals surface area contributed by atoms with Crippen LogP contribution >= 0.6 is 11.6 Å². The highest BCUT2D eigenvalue weighted by Crippen LogP contribution is 2.43. The lowest BCUT2D eigenvalue weighted by Gasteiger charge is -2.48. The Morgan fingerprint density at radius 2 is 1.64 bits per heavy atom. The monoisotopic (exact) mass is 468 g/mol. The highest BCUT2D eigenvalue weighted by atomic mass is 35.5. The maximum atomic E-state index is 14.1. The molecular formula is C27H30ClFN2O2. The van der Waals surface area contributed by atoms with Crippen LogP contribution in [0.15, 0.2) is 42.5 Å². The Morgan fingerprint density at radius 3 is 2.39 bits per heavy atom. The van der Waals surface area contributed by atoms with E-state index in [0.29, 0.717) is 5.56 Å². The van der Waals surface area contributed by atoms with Gasteiger partial charge in [0.15, 0.2) is 0 Å². The molecule has 2 unspecified atom stereocenters. The molecule has 3 aliphatic rings. The fourth-order valence-electron chi connectivity index (χ4n) is 5.98. The van der Waals surface area contributed by atoms with Gasteiger partial charge < -0.3 is 9.80 Å². The van der Waals surface area contributed by atoms with Crippen LogP contribution in [0.25, 0.3) is 0 Å². The van der Waals surface area contributed by atoms with Crippen molar-refractivity contribution < 1.29 is 14.0 Å². The van der Waals surface area contributed by atoms with Crippen LogP contribution in [0.1, 0.15) is 80.1 Å². The first-order valence-corrected chi connectivity index (χ1v) is 12.6. The van der Waals surface area contributed by atoms with Crippen molar-refractivity contribution in [1.82, 2.24) is 9.80 Å². The number of hydrogen-bond acceptors (Lipinski definition) is 2. The summed E-state index contributed by atoms with van der Waals surface area (Å²) < 4.78 is 13.9. The van der Waals surface area contributed by atoms with Crippen LogP contribution in [-0.4, -0.2) is 34.2 Å². The normalized spacial score (nSPS) is 24.5. The molecule has 1 saturated carbocycles. The zero-order valence-corrected chi connectivity index (χ0v) is 19.6. The van der Waals surface area contributed by atoms with Crippen LogP contribution in [-0.2, 0) is 16.0 Å². The lowest BCUT2D eigenvalue weighted by molar-refractivity contribution is -0.162. The summed E-state index contributed by atoms with van der Waals surface area (Å²) in [5, 5.41) is 0.193. The predicted molar refractivity (Wildman–Crippen MR) is 126 cm³/mol. The van der Waals surface area contributed by atoms with Gasteiger partial charge >= 0.3 is 0 Å². The third-order valence-electron chi connectivity index (χ3n) is 7.58. The second kappa shape index (κ2) is 9.46. The molecule has 0 spiro atoms. The molecule has 2 fully saturated rings. The number of carbonyl (C=O) groups excluding carboxylic acids is 2. The van der Waals surface area contributed by atoms with Crippen LogP contribution in [0.2, 0.25) is 5.02 Å². The van der Waals surface area contributed by atoms with Crippen molar-refractivity contribution in [1.29, 1.82) is 0 Å². The Kier molecular flexibility index (Phi) is 6.42. The molecule has 174 valence electrons. The van der Waals surface area contributed by atoms with Crippen molar-refractivity contribution in [3.05, 3.63) is 70.0 Å². The minimum absolute atomic E-state index is 0.0501. The molecule has 1 saturated heterocycles. The van der Waals surface area contributed by atoms with Crippen molar-refractivity contribution in [3.8, 4) is 0 Å². The van der Waals surface area contributed by atoms with E-state index in [4.69, 9.17) is 11.6 Å². The highest BCUT2D eigenvalue weighted by molar-refractivity contribution is 6.31. The summed E-state index contributed by atoms with van der Waals surface area (Å²) in [6, 6.07) is 11.4. The summed E-state index contributed by atoms with van der Waals surface area (Å²) in [6.45, 7) is 0.109. The lowest BCUT2D eigenvalue weighted by Crippen LogP contribution is -2.59. The summed E-state index contributed by atoms with van der Waals surface area (Å²) in [5.41, 5.74) is 2.85. The van der Waals surface area contributed by atoms with Gasteiger partial charge in [0, 0.05) is 16.6 Å². The molecule has 1 aliphatic heterocycles. The van der Waals surface area contributed by atoms with Gasteiger partial charge in [0.2, 0.25) is 5.91 Å². The van der Waals surface area contributed by atoms with Crippen LogP contribution < -0.4 is 0 Å². The van der Waals surface area contributed by atoms with E-state index in [2.05, 4.69) is 12.1 Å². The number of aryl methyl sites for hydroxylation is 1. The zero-order valence-electron chi connectivity index (χ0n) is 18.8. The summed E-state index contributed by atoms with van der Waals surface area (Å²) in [7, 11) is 0. The number of piperazine rings is 1. The number of fused-ring (bicyclic) bond motifs is 1. The molecule has 6 heteroatoms. The molecule has 1 heterocycles. The van der Waals surface area contributed by atoms with Crippen molar-refractivity contribution in [3.63, 3.8) is 0 Å². The summed E-state index contributed by atoms with van der Waals surface area (Å²) >= 11 is 6.49. The minimum atomic E-state index is -0.834. The van der Waals surface area contributed by atoms with Gasteiger partial charge in [0.1, 0.15) is 18.4 Å². The first kappa shape index (κ1) is 22.4. The van der Waals surface area contributed by atoms with Crippen molar-refractivity contribution in [2.75, 3.05) is 6.54 Å². The van der Waals surface area contributed by atoms with Crippen LogP contribution in [0, 0.1) is 5.82 Å². The van der Waals surface area contributed by atoms with Gasteiger partial charge in [-0.1, -0.05) is 67.6 Å². The molecule has 0 N–H and O–H groups in total. The molecule has 5 rings (SSSR count). The number of halogens is 2. The predicted octanol–water partition coefficient (Wildman–Crippen LogP) is 5.99. The number of benzene rings is 2. The number of amides is 2. The maximum Gasteiger partial charge on any atom is 0.250 e. The van der Waals surface area contributed by atoms with E-state index in [1.165, 1.54) is 30.5 Å². The molecule has 2 aromatic carbocycles. The first-order chi connectivity index (χ1) is 16.0. The largest absolute Gasteiger partial charge is 0.328 e. The van der Waals surface area contributed by atoms with E-state index >= 15 is 0 Å². The number of nitrogens with zero attached hydrogens (tertiary/aromatic N) is 2. The third kappa shape index (κ3) is 4.28. The van der Waals surface area contributed by atoms with Crippen LogP contribution in [0.5, 0.6) is 0 Å². The maximum absolute atomic E-state index is 14.1. The molecule has 2 amide bonds. The van der Waals surface area contributed by atoms with Crippen molar-refractivity contribution in [2.24, 2.45) is 0 Å². The van der Waals surface area contributed by atoms with E-state index < -0.39 is 11.9 Å². The molecule has 2 atom stereocenters. The molecule has 0 radical (unpaired) electrons. The van der Waals surface area contributed by atoms with E-state index in [1.807, 2.05) is 12.1 Å². The van der Waals surface area contributed by atoms with Gasteiger partial charge in [-0.2, -0.15) is 0 Å². The Hall–Kier alpha value is -2.40. The van der Waals surface area contributed by atoms with Gasteiger partial charge in [0.25, 0.3) is 5.91 Å². The molecule has 33 heavy (non-hydrogen) atoms. The molecule has 2 aliphatic carbocycles. The molecule has 0 aromatic heterocycles. The fraction of sp³-hybridized carbons (Fsp3) is 0.481. The van der Waals surface area contributed by atoms with Gasteiger partial charge in [-0.3, -0.25) is 9.59 Å². The Labute approximate surface area is 199 Å². The van der Waals surface area contributed by atoms with E-state index in [1.54, 1.807) is 15.9 Å². The summed E-state index contributed by atoms with van der Waals surface area (Å²) in [4.78, 5) is 31.4. The van der Waals surface area contributed by atoms with Crippen LogP contribution in [0.3, 0.4) is 0 Å². The number of carbonyl (C=O) groups is 2. The first-order valence-electron chi connectivity index (χ1n) is 12.2. The zero-order chi connectivity index (χ0) is 22.9. The van der Waals surface area contributed by atoms with Gasteiger partial charge in [-0.15, -0.1) is 0 Å². The Morgan fingerprint density at radius 1 is 0.879 bits per heavy atom. The number of hydrogen-bond donors (Lipinski definition) is 0. The second-order valence-electron chi connectivity index (χ2n) is 9.59. The van der Waals surface area contributed by atoms with E-state index in [9.17, 15) is 14.0 Å². The standard InChI is InChI=1S/C27H30ClFN2O2/c28-23-16-19(29)14-15-22(23)26-27(33)30(20-10-3-1-2-4-11-20)17-25(32)31(26)24-13-7-9-18-8-5-6-12-21(18)24/h5-6,8,12,14-16,20,24,26H,1-4,7,9-11,13,17H2. The summed E-state index contributed by atoms with van der Waals surface area (Å²) in [6.07, 6.45) is 9.07. The van der Waals surface area contributed by atoms with Crippen molar-refractivity contribution >= 4 is 23.4 Å². The minimum Gasteiger partial charge on any atom is -0.328 e. The third-order valence-corrected chi connectivity index (χ3v) is 7.91. The topological polar surface area (TPSA) is 40.6 Å². The molecule has 0 bridgehead atoms. The quantitative estimate of drug-likeness (QED) is 0.519. The van der Waals surface area contributed by atoms with E-state index in [-0.39, 0.29) is 35.5 Å². The summed E-state index contributed by atoms with van der Waals surface area (Å²) in [5.74, 6) is -0.586. The second-order valence-corrected chi connectivity index (χ2v) is 9.99. The average molecular weight is 469 g/mol. The van der Waals surface area contributed by atoms with E-state index in [0.717, 1.165) is 50.5 Å². The Balaban J connectivity index is 1.58.